The molecular weight excluding hydrogens is 162 g/mol. The van der Waals surface area contributed by atoms with E-state index in [1.165, 1.54) is 6.26 Å². The van der Waals surface area contributed by atoms with Crippen molar-refractivity contribution in [1.82, 2.24) is 0 Å². The first-order valence-electron chi connectivity index (χ1n) is 3.22. The van der Waals surface area contributed by atoms with E-state index in [9.17, 15) is 4.21 Å². The van der Waals surface area contributed by atoms with Crippen LogP contribution in [0.15, 0.2) is 26.0 Å². The number of rotatable bonds is 1. The van der Waals surface area contributed by atoms with E-state index in [0.717, 1.165) is 0 Å². The fraction of sp³-hybridized carbons (Fsp3) is 0.429. The van der Waals surface area contributed by atoms with Crippen LogP contribution in [0.1, 0.15) is 5.76 Å². The highest BCUT2D eigenvalue weighted by Crippen LogP contribution is 2.16. The van der Waals surface area contributed by atoms with E-state index in [0.29, 0.717) is 10.7 Å². The van der Waals surface area contributed by atoms with Crippen LogP contribution in [0.2, 0.25) is 0 Å². The van der Waals surface area contributed by atoms with Gasteiger partial charge in [-0.1, -0.05) is 0 Å². The van der Waals surface area contributed by atoms with Gasteiger partial charge in [0.25, 0.3) is 0 Å². The minimum Gasteiger partial charge on any atom is -0.468 e. The van der Waals surface area contributed by atoms with Crippen molar-refractivity contribution in [2.75, 3.05) is 13.3 Å². The second-order valence-electron chi connectivity index (χ2n) is 2.33. The second-order valence-corrected chi connectivity index (χ2v) is 4.74. The molecule has 0 radical (unpaired) electrons. The summed E-state index contributed by atoms with van der Waals surface area (Å²) in [6.45, 7) is 1.78. The molecule has 0 bridgehead atoms. The molecule has 1 atom stereocenters. The molecule has 11 heavy (non-hydrogen) atoms. The molecule has 1 aromatic heterocycles. The average molecular weight is 173 g/mol. The highest BCUT2D eigenvalue weighted by Gasteiger charge is 2.09. The van der Waals surface area contributed by atoms with Crippen molar-refractivity contribution >= 4 is 9.73 Å². The summed E-state index contributed by atoms with van der Waals surface area (Å²) in [5.74, 6) is 0.683. The number of furan rings is 1. The fourth-order valence-corrected chi connectivity index (χ4v) is 1.95. The molecule has 3 nitrogen and oxygen atoms in total. The number of nitrogens with zero attached hydrogens (tertiary/aromatic N) is 1. The molecule has 0 spiro atoms. The Labute approximate surface area is 66.6 Å². The van der Waals surface area contributed by atoms with Crippen LogP contribution in [0.25, 0.3) is 0 Å². The highest BCUT2D eigenvalue weighted by molar-refractivity contribution is 7.93. The Kier molecular flexibility index (Phi) is 2.04. The van der Waals surface area contributed by atoms with Gasteiger partial charge in [0, 0.05) is 13.3 Å². The van der Waals surface area contributed by atoms with Crippen LogP contribution in [0.5, 0.6) is 0 Å². The molecule has 0 fully saturated rings. The summed E-state index contributed by atoms with van der Waals surface area (Å²) in [6, 6.07) is 1.70. The molecule has 0 amide bonds. The minimum atomic E-state index is -2.20. The molecule has 0 saturated carbocycles. The Morgan fingerprint density at radius 2 is 2.27 bits per heavy atom. The largest absolute Gasteiger partial charge is 0.468 e. The standard InChI is InChI=1S/C7H11NO2S/c1-6-7(4-5-10-6)11(3,9)8-2/h4-5H,1-3H3. The highest BCUT2D eigenvalue weighted by atomic mass is 32.2. The third kappa shape index (κ3) is 1.45. The molecule has 1 rings (SSSR count). The summed E-state index contributed by atoms with van der Waals surface area (Å²) >= 11 is 0. The van der Waals surface area contributed by atoms with E-state index >= 15 is 0 Å². The van der Waals surface area contributed by atoms with Crippen molar-refractivity contribution in [3.05, 3.63) is 18.1 Å². The molecule has 0 aromatic carbocycles. The normalized spacial score (nSPS) is 15.9. The SMILES string of the molecule is CN=S(C)(=O)c1ccoc1C. The van der Waals surface area contributed by atoms with Crippen LogP contribution in [0, 0.1) is 6.92 Å². The van der Waals surface area contributed by atoms with Crippen molar-refractivity contribution < 1.29 is 8.63 Å². The van der Waals surface area contributed by atoms with Crippen molar-refractivity contribution in [2.45, 2.75) is 11.8 Å². The molecule has 62 valence electrons. The molecule has 0 aliphatic rings. The summed E-state index contributed by atoms with van der Waals surface area (Å²) < 4.78 is 20.4. The quantitative estimate of drug-likeness (QED) is 0.648. The van der Waals surface area contributed by atoms with Gasteiger partial charge in [0.1, 0.15) is 5.76 Å². The molecule has 0 N–H and O–H groups in total. The first-order valence-corrected chi connectivity index (χ1v) is 5.14. The maximum Gasteiger partial charge on any atom is 0.117 e. The second kappa shape index (κ2) is 2.70. The molecule has 4 heteroatoms. The first kappa shape index (κ1) is 8.33. The lowest BCUT2D eigenvalue weighted by atomic mass is 10.5. The van der Waals surface area contributed by atoms with Crippen LogP contribution in [0.3, 0.4) is 0 Å². The Morgan fingerprint density at radius 1 is 1.64 bits per heavy atom. The Bertz CT molecular complexity index is 358. The monoisotopic (exact) mass is 173 g/mol. The van der Waals surface area contributed by atoms with Crippen LogP contribution in [-0.4, -0.2) is 17.5 Å². The molecule has 0 aliphatic heterocycles. The molecule has 1 heterocycles. The summed E-state index contributed by atoms with van der Waals surface area (Å²) in [5.41, 5.74) is 0. The van der Waals surface area contributed by atoms with E-state index in [1.807, 2.05) is 0 Å². The molecular formula is C7H11NO2S. The number of aryl methyl sites for hydroxylation is 1. The molecule has 0 saturated heterocycles. The maximum atomic E-state index is 11.6. The zero-order chi connectivity index (χ0) is 8.48. The van der Waals surface area contributed by atoms with Gasteiger partial charge in [0.05, 0.1) is 20.9 Å². The van der Waals surface area contributed by atoms with Crippen molar-refractivity contribution in [3.8, 4) is 0 Å². The topological polar surface area (TPSA) is 42.6 Å². The lowest BCUT2D eigenvalue weighted by Crippen LogP contribution is -1.96. The van der Waals surface area contributed by atoms with E-state index < -0.39 is 9.73 Å². The van der Waals surface area contributed by atoms with Gasteiger partial charge in [0.15, 0.2) is 0 Å². The average Bonchev–Trinajstić information content (AvgIpc) is 2.36. The third-order valence-corrected chi connectivity index (χ3v) is 3.50. The van der Waals surface area contributed by atoms with E-state index in [1.54, 1.807) is 26.3 Å². The molecule has 1 unspecified atom stereocenters. The number of hydrogen-bond donors (Lipinski definition) is 0. The predicted octanol–water partition coefficient (Wildman–Crippen LogP) is 1.67. The Hall–Kier alpha value is -0.770. The van der Waals surface area contributed by atoms with Crippen LogP contribution < -0.4 is 0 Å². The van der Waals surface area contributed by atoms with Gasteiger partial charge in [-0.15, -0.1) is 0 Å². The van der Waals surface area contributed by atoms with Crippen molar-refractivity contribution in [2.24, 2.45) is 4.36 Å². The van der Waals surface area contributed by atoms with Crippen molar-refractivity contribution in [3.63, 3.8) is 0 Å². The Balaban J connectivity index is 3.34. The van der Waals surface area contributed by atoms with Crippen LogP contribution in [0.4, 0.5) is 0 Å². The zero-order valence-corrected chi connectivity index (χ0v) is 7.64. The molecule has 1 aromatic rings. The smallest absolute Gasteiger partial charge is 0.117 e. The lowest BCUT2D eigenvalue weighted by Gasteiger charge is -1.98. The summed E-state index contributed by atoms with van der Waals surface area (Å²) in [6.07, 6.45) is 3.13. The van der Waals surface area contributed by atoms with Crippen LogP contribution in [-0.2, 0) is 9.73 Å². The van der Waals surface area contributed by atoms with Gasteiger partial charge in [-0.05, 0) is 13.0 Å². The van der Waals surface area contributed by atoms with E-state index in [4.69, 9.17) is 4.42 Å². The fourth-order valence-electron chi connectivity index (χ4n) is 0.865. The molecule has 0 aliphatic carbocycles. The van der Waals surface area contributed by atoms with Crippen molar-refractivity contribution in [1.29, 1.82) is 0 Å². The Morgan fingerprint density at radius 3 is 2.64 bits per heavy atom. The first-order chi connectivity index (χ1) is 5.08. The number of hydrogen-bond acceptors (Lipinski definition) is 3. The summed E-state index contributed by atoms with van der Waals surface area (Å²) in [4.78, 5) is 0.694. The van der Waals surface area contributed by atoms with Gasteiger partial charge in [0.2, 0.25) is 0 Å². The van der Waals surface area contributed by atoms with E-state index in [2.05, 4.69) is 4.36 Å². The summed E-state index contributed by atoms with van der Waals surface area (Å²) in [7, 11) is -0.654. The lowest BCUT2D eigenvalue weighted by molar-refractivity contribution is 0.525. The van der Waals surface area contributed by atoms with Gasteiger partial charge in [-0.25, -0.2) is 8.57 Å². The maximum absolute atomic E-state index is 11.6. The van der Waals surface area contributed by atoms with Gasteiger partial charge < -0.3 is 4.42 Å². The van der Waals surface area contributed by atoms with Gasteiger partial charge in [-0.3, -0.25) is 0 Å². The van der Waals surface area contributed by atoms with Crippen LogP contribution >= 0.6 is 0 Å². The minimum absolute atomic E-state index is 0.683. The van der Waals surface area contributed by atoms with E-state index in [-0.39, 0.29) is 0 Å². The third-order valence-electron chi connectivity index (χ3n) is 1.57. The zero-order valence-electron chi connectivity index (χ0n) is 6.83. The summed E-state index contributed by atoms with van der Waals surface area (Å²) in [5, 5.41) is 0. The predicted molar refractivity (Wildman–Crippen MR) is 44.1 cm³/mol. The van der Waals surface area contributed by atoms with Gasteiger partial charge in [-0.2, -0.15) is 0 Å². The van der Waals surface area contributed by atoms with Gasteiger partial charge >= 0.3 is 0 Å².